The lowest BCUT2D eigenvalue weighted by atomic mass is 10.3. The van der Waals surface area contributed by atoms with E-state index in [1.165, 1.54) is 6.20 Å². The predicted octanol–water partition coefficient (Wildman–Crippen LogP) is 0.967. The van der Waals surface area contributed by atoms with Gasteiger partial charge in [-0.05, 0) is 12.1 Å². The number of nitrogens with two attached hydrogens (primary N) is 2. The Kier molecular flexibility index (Phi) is 2.89. The molecule has 0 aliphatic carbocycles. The van der Waals surface area contributed by atoms with E-state index in [4.69, 9.17) is 11.5 Å². The predicted molar refractivity (Wildman–Crippen MR) is 59.3 cm³/mol. The number of alkyl halides is 3. The van der Waals surface area contributed by atoms with Crippen LogP contribution in [0.1, 0.15) is 16.1 Å². The highest BCUT2D eigenvalue weighted by molar-refractivity contribution is 5.95. The number of hydrogen-bond donors (Lipinski definition) is 2. The van der Waals surface area contributed by atoms with Crippen LogP contribution in [0.15, 0.2) is 24.5 Å². The monoisotopic (exact) mass is 271 g/mol. The number of hydrogen-bond acceptors (Lipinski definition) is 4. The van der Waals surface area contributed by atoms with Gasteiger partial charge in [0, 0.05) is 6.20 Å². The molecule has 9 heteroatoms. The lowest BCUT2D eigenvalue weighted by Gasteiger charge is -2.06. The molecule has 6 nitrogen and oxygen atoms in total. The Bertz CT molecular complexity index is 617. The van der Waals surface area contributed by atoms with Gasteiger partial charge in [0.05, 0.1) is 17.4 Å². The number of carbonyl (C=O) groups is 1. The van der Waals surface area contributed by atoms with E-state index in [2.05, 4.69) is 10.1 Å². The normalized spacial score (nSPS) is 11.5. The fourth-order valence-electron chi connectivity index (χ4n) is 1.39. The summed E-state index contributed by atoms with van der Waals surface area (Å²) >= 11 is 0. The summed E-state index contributed by atoms with van der Waals surface area (Å²) in [7, 11) is 0. The minimum atomic E-state index is -4.47. The highest BCUT2D eigenvalue weighted by Crippen LogP contribution is 2.28. The average Bonchev–Trinajstić information content (AvgIpc) is 2.70. The molecule has 0 saturated heterocycles. The van der Waals surface area contributed by atoms with Crippen molar-refractivity contribution >= 4 is 11.6 Å². The minimum Gasteiger partial charge on any atom is -0.396 e. The van der Waals surface area contributed by atoms with Crippen molar-refractivity contribution in [2.24, 2.45) is 5.73 Å². The van der Waals surface area contributed by atoms with Crippen molar-refractivity contribution < 1.29 is 18.0 Å². The summed E-state index contributed by atoms with van der Waals surface area (Å²) in [6.07, 6.45) is -2.56. The molecule has 100 valence electrons. The maximum Gasteiger partial charge on any atom is 0.417 e. The lowest BCUT2D eigenvalue weighted by molar-refractivity contribution is -0.137. The molecule has 4 N–H and O–H groups in total. The Balaban J connectivity index is 2.38. The molecule has 0 aliphatic rings. The smallest absolute Gasteiger partial charge is 0.396 e. The van der Waals surface area contributed by atoms with Crippen molar-refractivity contribution in [3.63, 3.8) is 0 Å². The second-order valence-electron chi connectivity index (χ2n) is 3.64. The Hall–Kier alpha value is -2.58. The van der Waals surface area contributed by atoms with Gasteiger partial charge in [0.25, 0.3) is 5.91 Å². The van der Waals surface area contributed by atoms with Gasteiger partial charge in [-0.15, -0.1) is 0 Å². The van der Waals surface area contributed by atoms with Crippen LogP contribution in [0, 0.1) is 0 Å². The molecular weight excluding hydrogens is 263 g/mol. The lowest BCUT2D eigenvalue weighted by Crippen LogP contribution is -2.14. The summed E-state index contributed by atoms with van der Waals surface area (Å²) in [5.74, 6) is -0.740. The summed E-state index contributed by atoms with van der Waals surface area (Å²) in [4.78, 5) is 14.6. The minimum absolute atomic E-state index is 0.0224. The largest absolute Gasteiger partial charge is 0.417 e. The molecule has 0 saturated carbocycles. The number of rotatable bonds is 2. The first-order valence-corrected chi connectivity index (χ1v) is 4.97. The molecule has 2 aromatic rings. The maximum atomic E-state index is 12.4. The molecule has 0 atom stereocenters. The van der Waals surface area contributed by atoms with Crippen LogP contribution in [0.25, 0.3) is 5.82 Å². The van der Waals surface area contributed by atoms with Gasteiger partial charge in [0.2, 0.25) is 0 Å². The highest BCUT2D eigenvalue weighted by atomic mass is 19.4. The number of pyridine rings is 1. The van der Waals surface area contributed by atoms with Gasteiger partial charge in [0.1, 0.15) is 0 Å². The van der Waals surface area contributed by atoms with Crippen LogP contribution in [0.5, 0.6) is 0 Å². The van der Waals surface area contributed by atoms with Gasteiger partial charge in [-0.3, -0.25) is 4.79 Å². The molecule has 2 rings (SSSR count). The average molecular weight is 271 g/mol. The summed E-state index contributed by atoms with van der Waals surface area (Å²) in [6, 6.07) is 1.96. The summed E-state index contributed by atoms with van der Waals surface area (Å²) < 4.78 is 38.1. The van der Waals surface area contributed by atoms with Crippen LogP contribution in [0.4, 0.5) is 18.9 Å². The van der Waals surface area contributed by atoms with Gasteiger partial charge in [-0.1, -0.05) is 0 Å². The van der Waals surface area contributed by atoms with Gasteiger partial charge in [0.15, 0.2) is 11.5 Å². The number of anilines is 1. The van der Waals surface area contributed by atoms with Gasteiger partial charge >= 0.3 is 6.18 Å². The molecule has 2 heterocycles. The van der Waals surface area contributed by atoms with Crippen molar-refractivity contribution in [3.05, 3.63) is 35.8 Å². The Morgan fingerprint density at radius 1 is 1.32 bits per heavy atom. The third-order valence-electron chi connectivity index (χ3n) is 2.29. The number of amides is 1. The summed E-state index contributed by atoms with van der Waals surface area (Å²) in [5, 5.41) is 3.74. The Morgan fingerprint density at radius 2 is 2.00 bits per heavy atom. The number of aromatic nitrogens is 3. The Labute approximate surface area is 104 Å². The van der Waals surface area contributed by atoms with Crippen LogP contribution < -0.4 is 11.5 Å². The molecule has 0 bridgehead atoms. The standard InChI is InChI=1S/C10H8F3N5O/c11-10(12,13)5-1-2-7(16-3-5)18-4-6(14)8(17-18)9(15)19/h1-4H,14H2,(H2,15,19). The van der Waals surface area contributed by atoms with Crippen LogP contribution in [0.3, 0.4) is 0 Å². The zero-order valence-electron chi connectivity index (χ0n) is 9.35. The Morgan fingerprint density at radius 3 is 2.42 bits per heavy atom. The number of nitrogens with zero attached hydrogens (tertiary/aromatic N) is 3. The molecule has 19 heavy (non-hydrogen) atoms. The number of primary amides is 1. The number of halogens is 3. The molecule has 0 aromatic carbocycles. The number of nitrogen functional groups attached to an aromatic ring is 1. The van der Waals surface area contributed by atoms with E-state index in [0.29, 0.717) is 6.20 Å². The van der Waals surface area contributed by atoms with Gasteiger partial charge < -0.3 is 11.5 Å². The van der Waals surface area contributed by atoms with Crippen LogP contribution in [0.2, 0.25) is 0 Å². The zero-order valence-corrected chi connectivity index (χ0v) is 9.35. The third-order valence-corrected chi connectivity index (χ3v) is 2.29. The van der Waals surface area contributed by atoms with Crippen molar-refractivity contribution in [2.75, 3.05) is 5.73 Å². The van der Waals surface area contributed by atoms with Crippen molar-refractivity contribution in [2.45, 2.75) is 6.18 Å². The molecule has 0 aliphatic heterocycles. The topological polar surface area (TPSA) is 99.8 Å². The first-order valence-electron chi connectivity index (χ1n) is 4.97. The van der Waals surface area contributed by atoms with E-state index < -0.39 is 17.6 Å². The molecule has 0 unspecified atom stereocenters. The van der Waals surface area contributed by atoms with E-state index in [1.807, 2.05) is 0 Å². The van der Waals surface area contributed by atoms with E-state index in [9.17, 15) is 18.0 Å². The first kappa shape index (κ1) is 12.9. The molecule has 0 radical (unpaired) electrons. The summed E-state index contributed by atoms with van der Waals surface area (Å²) in [5.41, 5.74) is 9.48. The zero-order chi connectivity index (χ0) is 14.2. The van der Waals surface area contributed by atoms with E-state index in [1.54, 1.807) is 0 Å². The van der Waals surface area contributed by atoms with Crippen molar-refractivity contribution in [1.29, 1.82) is 0 Å². The van der Waals surface area contributed by atoms with Crippen LogP contribution in [-0.2, 0) is 6.18 Å². The van der Waals surface area contributed by atoms with Crippen LogP contribution in [-0.4, -0.2) is 20.7 Å². The van der Waals surface area contributed by atoms with Gasteiger partial charge in [-0.25, -0.2) is 9.67 Å². The van der Waals surface area contributed by atoms with Crippen LogP contribution >= 0.6 is 0 Å². The van der Waals surface area contributed by atoms with E-state index >= 15 is 0 Å². The second-order valence-corrected chi connectivity index (χ2v) is 3.64. The molecule has 0 fully saturated rings. The molecule has 2 aromatic heterocycles. The van der Waals surface area contributed by atoms with E-state index in [0.717, 1.165) is 16.8 Å². The molecule has 0 spiro atoms. The fourth-order valence-corrected chi connectivity index (χ4v) is 1.39. The SMILES string of the molecule is NC(=O)c1nn(-c2ccc(C(F)(F)F)cn2)cc1N. The molecule has 1 amide bonds. The maximum absolute atomic E-state index is 12.4. The second kappa shape index (κ2) is 4.26. The molecular formula is C10H8F3N5O. The summed E-state index contributed by atoms with van der Waals surface area (Å²) in [6.45, 7) is 0. The fraction of sp³-hybridized carbons (Fsp3) is 0.100. The van der Waals surface area contributed by atoms with E-state index in [-0.39, 0.29) is 17.2 Å². The third kappa shape index (κ3) is 2.49. The number of carbonyl (C=O) groups excluding carboxylic acids is 1. The first-order chi connectivity index (χ1) is 8.79. The van der Waals surface area contributed by atoms with Crippen molar-refractivity contribution in [1.82, 2.24) is 14.8 Å². The quantitative estimate of drug-likeness (QED) is 0.849. The highest BCUT2D eigenvalue weighted by Gasteiger charge is 2.30. The van der Waals surface area contributed by atoms with Gasteiger partial charge in [-0.2, -0.15) is 18.3 Å². The van der Waals surface area contributed by atoms with Crippen molar-refractivity contribution in [3.8, 4) is 5.82 Å².